The largest absolute Gasteiger partial charge is 0.496 e. The van der Waals surface area contributed by atoms with Crippen molar-refractivity contribution in [2.24, 2.45) is 0 Å². The lowest BCUT2D eigenvalue weighted by Gasteiger charge is -2.11. The fourth-order valence-corrected chi connectivity index (χ4v) is 4.08. The molecule has 7 heteroatoms. The average molecular weight is 438 g/mol. The number of methoxy groups -OCH3 is 1. The molecule has 0 atom stereocenters. The standard InChI is InChI=1S/C24H23NO5S/c1-3-6-19-11-14-24(31-19)21(26)12-9-17-10-13-22(29-2)18(15-17)16-30-23-8-5-4-7-20(23)25(27)28/h4-5,7-15H,3,6,16H2,1-2H3/b12-9+. The van der Waals surface area contributed by atoms with Gasteiger partial charge in [0.25, 0.3) is 0 Å². The molecule has 0 radical (unpaired) electrons. The van der Waals surface area contributed by atoms with Crippen LogP contribution in [0.5, 0.6) is 11.5 Å². The van der Waals surface area contributed by atoms with Crippen molar-refractivity contribution in [2.75, 3.05) is 7.11 Å². The molecule has 0 aliphatic heterocycles. The Kier molecular flexibility index (Phi) is 7.56. The molecule has 0 spiro atoms. The van der Waals surface area contributed by atoms with Crippen molar-refractivity contribution in [2.45, 2.75) is 26.4 Å². The van der Waals surface area contributed by atoms with Gasteiger partial charge >= 0.3 is 5.69 Å². The first-order chi connectivity index (χ1) is 15.0. The number of thiophene rings is 1. The zero-order valence-corrected chi connectivity index (χ0v) is 18.2. The van der Waals surface area contributed by atoms with Crippen molar-refractivity contribution in [1.82, 2.24) is 0 Å². The molecule has 160 valence electrons. The van der Waals surface area contributed by atoms with Gasteiger partial charge in [0.05, 0.1) is 16.9 Å². The highest BCUT2D eigenvalue weighted by Crippen LogP contribution is 2.29. The van der Waals surface area contributed by atoms with E-state index in [4.69, 9.17) is 9.47 Å². The molecule has 3 rings (SSSR count). The van der Waals surface area contributed by atoms with Crippen molar-refractivity contribution < 1.29 is 19.2 Å². The van der Waals surface area contributed by atoms with Crippen LogP contribution in [0.15, 0.2) is 60.7 Å². The maximum absolute atomic E-state index is 12.5. The molecular weight excluding hydrogens is 414 g/mol. The molecule has 0 aliphatic carbocycles. The van der Waals surface area contributed by atoms with Crippen LogP contribution in [0.2, 0.25) is 0 Å². The molecule has 31 heavy (non-hydrogen) atoms. The molecule has 0 bridgehead atoms. The number of rotatable bonds is 10. The summed E-state index contributed by atoms with van der Waals surface area (Å²) in [6, 6.07) is 15.6. The first kappa shape index (κ1) is 22.2. The fourth-order valence-electron chi connectivity index (χ4n) is 3.05. The van der Waals surface area contributed by atoms with Crippen LogP contribution in [-0.2, 0) is 13.0 Å². The minimum atomic E-state index is -0.478. The minimum absolute atomic E-state index is 0.0409. The second-order valence-corrected chi connectivity index (χ2v) is 7.97. The van der Waals surface area contributed by atoms with Gasteiger partial charge in [0.2, 0.25) is 0 Å². The van der Waals surface area contributed by atoms with E-state index in [0.29, 0.717) is 10.6 Å². The molecule has 0 unspecified atom stereocenters. The monoisotopic (exact) mass is 437 g/mol. The number of hydrogen-bond acceptors (Lipinski definition) is 6. The Morgan fingerprint density at radius 2 is 1.94 bits per heavy atom. The smallest absolute Gasteiger partial charge is 0.310 e. The van der Waals surface area contributed by atoms with Crippen molar-refractivity contribution in [1.29, 1.82) is 0 Å². The van der Waals surface area contributed by atoms with Crippen molar-refractivity contribution in [3.8, 4) is 11.5 Å². The molecule has 0 amide bonds. The number of hydrogen-bond donors (Lipinski definition) is 0. The van der Waals surface area contributed by atoms with E-state index < -0.39 is 4.92 Å². The number of para-hydroxylation sites is 2. The average Bonchev–Trinajstić information content (AvgIpc) is 3.25. The number of carbonyl (C=O) groups excluding carboxylic acids is 1. The van der Waals surface area contributed by atoms with E-state index in [9.17, 15) is 14.9 Å². The molecule has 2 aromatic carbocycles. The summed E-state index contributed by atoms with van der Waals surface area (Å²) in [5.41, 5.74) is 1.43. The summed E-state index contributed by atoms with van der Waals surface area (Å²) in [6.45, 7) is 2.21. The van der Waals surface area contributed by atoms with Crippen molar-refractivity contribution in [3.05, 3.63) is 91.7 Å². The highest BCUT2D eigenvalue weighted by atomic mass is 32.1. The number of aryl methyl sites for hydroxylation is 1. The van der Waals surface area contributed by atoms with Crippen LogP contribution in [-0.4, -0.2) is 17.8 Å². The summed E-state index contributed by atoms with van der Waals surface area (Å²) in [6.07, 6.45) is 5.32. The van der Waals surface area contributed by atoms with Gasteiger partial charge in [-0.25, -0.2) is 0 Å². The Morgan fingerprint density at radius 1 is 1.13 bits per heavy atom. The predicted octanol–water partition coefficient (Wildman–Crippen LogP) is 6.09. The maximum atomic E-state index is 12.5. The quantitative estimate of drug-likeness (QED) is 0.166. The van der Waals surface area contributed by atoms with Crippen LogP contribution in [0, 0.1) is 10.1 Å². The lowest BCUT2D eigenvalue weighted by molar-refractivity contribution is -0.385. The Balaban J connectivity index is 1.75. The zero-order valence-electron chi connectivity index (χ0n) is 17.4. The Hall–Kier alpha value is -3.45. The van der Waals surface area contributed by atoms with Gasteiger partial charge in [-0.3, -0.25) is 14.9 Å². The third-order valence-electron chi connectivity index (χ3n) is 4.58. The van der Waals surface area contributed by atoms with Gasteiger partial charge in [-0.05, 0) is 48.4 Å². The molecule has 0 N–H and O–H groups in total. The van der Waals surface area contributed by atoms with Crippen LogP contribution >= 0.6 is 11.3 Å². The maximum Gasteiger partial charge on any atom is 0.310 e. The van der Waals surface area contributed by atoms with E-state index in [-0.39, 0.29) is 23.8 Å². The van der Waals surface area contributed by atoms with E-state index in [2.05, 4.69) is 6.92 Å². The molecule has 0 saturated carbocycles. The van der Waals surface area contributed by atoms with Gasteiger partial charge in [0.15, 0.2) is 11.5 Å². The SMILES string of the molecule is CCCc1ccc(C(=O)/C=C/c2ccc(OC)c(COc3ccccc3[N+](=O)[O-])c2)s1. The third-order valence-corrected chi connectivity index (χ3v) is 5.74. The number of allylic oxidation sites excluding steroid dienone is 1. The minimum Gasteiger partial charge on any atom is -0.496 e. The Labute approximate surface area is 184 Å². The predicted molar refractivity (Wildman–Crippen MR) is 122 cm³/mol. The molecule has 1 aromatic heterocycles. The van der Waals surface area contributed by atoms with Crippen LogP contribution < -0.4 is 9.47 Å². The molecule has 6 nitrogen and oxygen atoms in total. The highest BCUT2D eigenvalue weighted by molar-refractivity contribution is 7.14. The number of nitro benzene ring substituents is 1. The van der Waals surface area contributed by atoms with Crippen molar-refractivity contribution >= 4 is 28.9 Å². The second-order valence-electron chi connectivity index (χ2n) is 6.80. The molecular formula is C24H23NO5S. The van der Waals surface area contributed by atoms with Gasteiger partial charge in [-0.15, -0.1) is 11.3 Å². The van der Waals surface area contributed by atoms with Gasteiger partial charge in [-0.1, -0.05) is 37.6 Å². The van der Waals surface area contributed by atoms with Gasteiger partial charge < -0.3 is 9.47 Å². The van der Waals surface area contributed by atoms with Crippen LogP contribution in [0.25, 0.3) is 6.08 Å². The Morgan fingerprint density at radius 3 is 2.68 bits per heavy atom. The molecule has 3 aromatic rings. The molecule has 0 saturated heterocycles. The van der Waals surface area contributed by atoms with E-state index in [1.807, 2.05) is 24.3 Å². The summed E-state index contributed by atoms with van der Waals surface area (Å²) in [5.74, 6) is 0.747. The van der Waals surface area contributed by atoms with E-state index >= 15 is 0 Å². The van der Waals surface area contributed by atoms with E-state index in [1.54, 1.807) is 43.5 Å². The third kappa shape index (κ3) is 5.79. The zero-order chi connectivity index (χ0) is 22.2. The van der Waals surface area contributed by atoms with Crippen LogP contribution in [0.3, 0.4) is 0 Å². The number of ether oxygens (including phenoxy) is 2. The molecule has 1 heterocycles. The number of benzene rings is 2. The second kappa shape index (κ2) is 10.5. The fraction of sp³-hybridized carbons (Fsp3) is 0.208. The first-order valence-corrected chi connectivity index (χ1v) is 10.7. The summed E-state index contributed by atoms with van der Waals surface area (Å²) in [7, 11) is 1.55. The van der Waals surface area contributed by atoms with Crippen LogP contribution in [0.4, 0.5) is 5.69 Å². The van der Waals surface area contributed by atoms with Gasteiger partial charge in [0.1, 0.15) is 12.4 Å². The molecule has 0 aliphatic rings. The highest BCUT2D eigenvalue weighted by Gasteiger charge is 2.15. The lowest BCUT2D eigenvalue weighted by Crippen LogP contribution is -2.01. The normalized spacial score (nSPS) is 10.9. The number of carbonyl (C=O) groups is 1. The summed E-state index contributed by atoms with van der Waals surface area (Å²) < 4.78 is 11.1. The Bertz CT molecular complexity index is 1100. The topological polar surface area (TPSA) is 78.7 Å². The molecule has 0 fully saturated rings. The van der Waals surface area contributed by atoms with E-state index in [0.717, 1.165) is 24.0 Å². The summed E-state index contributed by atoms with van der Waals surface area (Å²) in [5, 5.41) is 11.2. The van der Waals surface area contributed by atoms with Crippen LogP contribution in [0.1, 0.15) is 39.0 Å². The summed E-state index contributed by atoms with van der Waals surface area (Å²) >= 11 is 1.52. The number of ketones is 1. The summed E-state index contributed by atoms with van der Waals surface area (Å²) in [4.78, 5) is 25.1. The van der Waals surface area contributed by atoms with E-state index in [1.165, 1.54) is 22.3 Å². The number of nitrogens with zero attached hydrogens (tertiary/aromatic N) is 1. The lowest BCUT2D eigenvalue weighted by atomic mass is 10.1. The van der Waals surface area contributed by atoms with Gasteiger partial charge in [-0.2, -0.15) is 0 Å². The van der Waals surface area contributed by atoms with Crippen molar-refractivity contribution in [3.63, 3.8) is 0 Å². The van der Waals surface area contributed by atoms with Gasteiger partial charge in [0, 0.05) is 16.5 Å². The first-order valence-electron chi connectivity index (χ1n) is 9.86. The number of nitro groups is 1.